The van der Waals surface area contributed by atoms with Crippen LogP contribution in [0.2, 0.25) is 5.02 Å². The Kier molecular flexibility index (Phi) is 4.85. The molecule has 3 nitrogen and oxygen atoms in total. The highest BCUT2D eigenvalue weighted by molar-refractivity contribution is 6.31. The molecule has 0 fully saturated rings. The first-order valence-electron chi connectivity index (χ1n) is 5.24. The summed E-state index contributed by atoms with van der Waals surface area (Å²) in [6, 6.07) is 3.68. The summed E-state index contributed by atoms with van der Waals surface area (Å²) in [5, 5.41) is 9.58. The lowest BCUT2D eigenvalue weighted by atomic mass is 10.3. The summed E-state index contributed by atoms with van der Waals surface area (Å²) in [6.45, 7) is 5.98. The topological polar surface area (TPSA) is 36.4 Å². The largest absolute Gasteiger partial charge is 0.390 e. The molecule has 0 amide bonds. The van der Waals surface area contributed by atoms with E-state index in [2.05, 4.69) is 23.7 Å². The summed E-state index contributed by atoms with van der Waals surface area (Å²) in [6.07, 6.45) is 1.08. The van der Waals surface area contributed by atoms with Crippen molar-refractivity contribution in [3.63, 3.8) is 0 Å². The van der Waals surface area contributed by atoms with Gasteiger partial charge in [-0.05, 0) is 25.5 Å². The molecule has 0 aliphatic rings. The fourth-order valence-corrected chi connectivity index (χ4v) is 1.63. The van der Waals surface area contributed by atoms with E-state index in [0.717, 1.165) is 25.3 Å². The fraction of sp³-hybridized carbons (Fsp3) is 0.545. The molecule has 0 unspecified atom stereocenters. The van der Waals surface area contributed by atoms with E-state index in [1.807, 2.05) is 6.07 Å². The molecule has 15 heavy (non-hydrogen) atoms. The molecule has 84 valence electrons. The maximum atomic E-state index is 9.06. The minimum Gasteiger partial charge on any atom is -0.390 e. The first kappa shape index (κ1) is 12.3. The summed E-state index contributed by atoms with van der Waals surface area (Å²) in [5.41, 5.74) is 0.545. The zero-order valence-electron chi connectivity index (χ0n) is 9.20. The summed E-state index contributed by atoms with van der Waals surface area (Å²) in [4.78, 5) is 6.49. The fourth-order valence-electron chi connectivity index (χ4n) is 1.46. The number of hydrogen-bond acceptors (Lipinski definition) is 3. The predicted octanol–water partition coefficient (Wildman–Crippen LogP) is 2.46. The van der Waals surface area contributed by atoms with E-state index in [1.165, 1.54) is 0 Å². The van der Waals surface area contributed by atoms with E-state index in [4.69, 9.17) is 16.7 Å². The van der Waals surface area contributed by atoms with Gasteiger partial charge in [-0.1, -0.05) is 18.5 Å². The van der Waals surface area contributed by atoms with Crippen molar-refractivity contribution in [3.05, 3.63) is 22.8 Å². The van der Waals surface area contributed by atoms with E-state index in [0.29, 0.717) is 10.7 Å². The highest BCUT2D eigenvalue weighted by Gasteiger charge is 2.07. The summed E-state index contributed by atoms with van der Waals surface area (Å²) < 4.78 is 0. The van der Waals surface area contributed by atoms with E-state index in [-0.39, 0.29) is 6.61 Å². The van der Waals surface area contributed by atoms with E-state index >= 15 is 0 Å². The number of anilines is 1. The molecule has 0 aliphatic carbocycles. The Bertz CT molecular complexity index is 317. The standard InChI is InChI=1S/C11H17ClN2O/c1-3-7-14(4-2)11-6-5-9(12)10(8-15)13-11/h5-6,15H,3-4,7-8H2,1-2H3. The second-order valence-corrected chi connectivity index (χ2v) is 3.74. The Morgan fingerprint density at radius 2 is 2.13 bits per heavy atom. The van der Waals surface area contributed by atoms with Crippen LogP contribution in [0, 0.1) is 0 Å². The molecule has 0 spiro atoms. The Balaban J connectivity index is 2.92. The molecule has 0 aliphatic heterocycles. The van der Waals surface area contributed by atoms with Crippen LogP contribution in [0.5, 0.6) is 0 Å². The van der Waals surface area contributed by atoms with Gasteiger partial charge in [-0.25, -0.2) is 4.98 Å². The van der Waals surface area contributed by atoms with Crippen molar-refractivity contribution >= 4 is 17.4 Å². The second kappa shape index (κ2) is 5.93. The van der Waals surface area contributed by atoms with Crippen molar-refractivity contribution in [2.24, 2.45) is 0 Å². The zero-order chi connectivity index (χ0) is 11.3. The molecule has 1 N–H and O–H groups in total. The van der Waals surface area contributed by atoms with Crippen LogP contribution in [0.1, 0.15) is 26.0 Å². The number of aliphatic hydroxyl groups is 1. The van der Waals surface area contributed by atoms with Gasteiger partial charge in [-0.2, -0.15) is 0 Å². The number of rotatable bonds is 5. The number of nitrogens with zero attached hydrogens (tertiary/aromatic N) is 2. The van der Waals surface area contributed by atoms with Gasteiger partial charge in [0.25, 0.3) is 0 Å². The van der Waals surface area contributed by atoms with Crippen LogP contribution in [0.4, 0.5) is 5.82 Å². The van der Waals surface area contributed by atoms with Gasteiger partial charge >= 0.3 is 0 Å². The number of aromatic nitrogens is 1. The molecule has 0 saturated carbocycles. The Hall–Kier alpha value is -0.800. The number of halogens is 1. The molecule has 0 radical (unpaired) electrons. The van der Waals surface area contributed by atoms with Gasteiger partial charge in [0.05, 0.1) is 17.3 Å². The molecule has 1 aromatic heterocycles. The molecule has 0 saturated heterocycles. The van der Waals surface area contributed by atoms with Gasteiger partial charge in [0.2, 0.25) is 0 Å². The third-order valence-electron chi connectivity index (χ3n) is 2.25. The predicted molar refractivity (Wildman–Crippen MR) is 63.3 cm³/mol. The lowest BCUT2D eigenvalue weighted by Gasteiger charge is -2.21. The van der Waals surface area contributed by atoms with Gasteiger partial charge in [0, 0.05) is 13.1 Å². The third-order valence-corrected chi connectivity index (χ3v) is 2.60. The maximum absolute atomic E-state index is 9.06. The molecule has 0 atom stereocenters. The van der Waals surface area contributed by atoms with Crippen LogP contribution in [0.15, 0.2) is 12.1 Å². The lowest BCUT2D eigenvalue weighted by Crippen LogP contribution is -2.24. The normalized spacial score (nSPS) is 10.4. The van der Waals surface area contributed by atoms with Crippen LogP contribution in [0.3, 0.4) is 0 Å². The second-order valence-electron chi connectivity index (χ2n) is 3.34. The molecule has 4 heteroatoms. The molecule has 1 aromatic rings. The first-order chi connectivity index (χ1) is 7.22. The maximum Gasteiger partial charge on any atom is 0.129 e. The Morgan fingerprint density at radius 3 is 2.67 bits per heavy atom. The van der Waals surface area contributed by atoms with Crippen molar-refractivity contribution in [1.82, 2.24) is 4.98 Å². The van der Waals surface area contributed by atoms with E-state index < -0.39 is 0 Å². The molecular weight excluding hydrogens is 212 g/mol. The summed E-state index contributed by atoms with van der Waals surface area (Å²) in [7, 11) is 0. The molecule has 0 bridgehead atoms. The zero-order valence-corrected chi connectivity index (χ0v) is 9.96. The van der Waals surface area contributed by atoms with Crippen molar-refractivity contribution in [2.45, 2.75) is 26.9 Å². The van der Waals surface area contributed by atoms with Gasteiger partial charge in [-0.3, -0.25) is 0 Å². The summed E-state index contributed by atoms with van der Waals surface area (Å²) in [5.74, 6) is 0.882. The number of hydrogen-bond donors (Lipinski definition) is 1. The molecule has 1 rings (SSSR count). The lowest BCUT2D eigenvalue weighted by molar-refractivity contribution is 0.277. The van der Waals surface area contributed by atoms with E-state index in [1.54, 1.807) is 6.07 Å². The Labute approximate surface area is 95.7 Å². The van der Waals surface area contributed by atoms with Gasteiger partial charge in [-0.15, -0.1) is 0 Å². The third kappa shape index (κ3) is 3.08. The van der Waals surface area contributed by atoms with Crippen LogP contribution >= 0.6 is 11.6 Å². The van der Waals surface area contributed by atoms with E-state index in [9.17, 15) is 0 Å². The number of aliphatic hydroxyl groups excluding tert-OH is 1. The average molecular weight is 229 g/mol. The highest BCUT2D eigenvalue weighted by atomic mass is 35.5. The van der Waals surface area contributed by atoms with Crippen LogP contribution < -0.4 is 4.90 Å². The number of pyridine rings is 1. The molecule has 1 heterocycles. The monoisotopic (exact) mass is 228 g/mol. The van der Waals surface area contributed by atoms with Gasteiger partial charge < -0.3 is 10.0 Å². The minimum atomic E-state index is -0.115. The van der Waals surface area contributed by atoms with Gasteiger partial charge in [0.1, 0.15) is 5.82 Å². The van der Waals surface area contributed by atoms with Gasteiger partial charge in [0.15, 0.2) is 0 Å². The van der Waals surface area contributed by atoms with Crippen molar-refractivity contribution < 1.29 is 5.11 Å². The van der Waals surface area contributed by atoms with Crippen LogP contribution in [-0.4, -0.2) is 23.2 Å². The quantitative estimate of drug-likeness (QED) is 0.841. The van der Waals surface area contributed by atoms with Crippen molar-refractivity contribution in [2.75, 3.05) is 18.0 Å². The summed E-state index contributed by atoms with van der Waals surface area (Å²) >= 11 is 5.88. The highest BCUT2D eigenvalue weighted by Crippen LogP contribution is 2.19. The van der Waals surface area contributed by atoms with Crippen molar-refractivity contribution in [3.8, 4) is 0 Å². The molecule has 0 aromatic carbocycles. The Morgan fingerprint density at radius 1 is 1.40 bits per heavy atom. The van der Waals surface area contributed by atoms with Crippen LogP contribution in [-0.2, 0) is 6.61 Å². The first-order valence-corrected chi connectivity index (χ1v) is 5.61. The minimum absolute atomic E-state index is 0.115. The SMILES string of the molecule is CCCN(CC)c1ccc(Cl)c(CO)n1. The molecular formula is C11H17ClN2O. The van der Waals surface area contributed by atoms with Crippen LogP contribution in [0.25, 0.3) is 0 Å². The average Bonchev–Trinajstić information content (AvgIpc) is 2.27. The van der Waals surface area contributed by atoms with Crippen molar-refractivity contribution in [1.29, 1.82) is 0 Å². The smallest absolute Gasteiger partial charge is 0.129 e.